The molecule has 2 heterocycles. The van der Waals surface area contributed by atoms with Gasteiger partial charge in [-0.2, -0.15) is 0 Å². The highest BCUT2D eigenvalue weighted by Crippen LogP contribution is 2.58. The normalized spacial score (nSPS) is 19.3. The fraction of sp³-hybridized carbons (Fsp3) is 0.400. The summed E-state index contributed by atoms with van der Waals surface area (Å²) >= 11 is 0. The van der Waals surface area contributed by atoms with Gasteiger partial charge in [0.25, 0.3) is 0 Å². The first-order valence-electron chi connectivity index (χ1n) is 8.89. The number of benzene rings is 1. The van der Waals surface area contributed by atoms with Crippen molar-refractivity contribution in [3.05, 3.63) is 54.4 Å². The second-order valence-corrected chi connectivity index (χ2v) is 7.03. The SMILES string of the molecule is Cl.Cl.O=C(Nc1ccc(OCc2ccncc2)cc1)C1CC12CCNCC2. The second kappa shape index (κ2) is 9.40. The molecule has 1 saturated carbocycles. The number of ether oxygens (including phenoxy) is 1. The van der Waals surface area contributed by atoms with E-state index in [0.29, 0.717) is 6.61 Å². The minimum atomic E-state index is 0. The van der Waals surface area contributed by atoms with Crippen molar-refractivity contribution >= 4 is 36.4 Å². The van der Waals surface area contributed by atoms with E-state index >= 15 is 0 Å². The molecule has 1 saturated heterocycles. The molecule has 4 rings (SSSR count). The fourth-order valence-electron chi connectivity index (χ4n) is 3.71. The molecule has 1 atom stereocenters. The Labute approximate surface area is 172 Å². The molecule has 7 heteroatoms. The average molecular weight is 410 g/mol. The van der Waals surface area contributed by atoms with Gasteiger partial charge in [0.1, 0.15) is 12.4 Å². The number of halogens is 2. The molecule has 146 valence electrons. The Morgan fingerprint density at radius 3 is 2.44 bits per heavy atom. The molecule has 5 nitrogen and oxygen atoms in total. The molecule has 2 aromatic rings. The van der Waals surface area contributed by atoms with Crippen LogP contribution in [0.1, 0.15) is 24.8 Å². The molecule has 27 heavy (non-hydrogen) atoms. The number of carbonyl (C=O) groups is 1. The number of anilines is 1. The molecule has 1 unspecified atom stereocenters. The van der Waals surface area contributed by atoms with Crippen LogP contribution in [0, 0.1) is 11.3 Å². The first kappa shape index (κ1) is 21.5. The number of piperidine rings is 1. The van der Waals surface area contributed by atoms with Crippen molar-refractivity contribution in [3.8, 4) is 5.75 Å². The third-order valence-electron chi connectivity index (χ3n) is 5.38. The predicted molar refractivity (Wildman–Crippen MR) is 111 cm³/mol. The van der Waals surface area contributed by atoms with E-state index in [4.69, 9.17) is 4.74 Å². The van der Waals surface area contributed by atoms with Crippen molar-refractivity contribution in [2.24, 2.45) is 11.3 Å². The van der Waals surface area contributed by atoms with Gasteiger partial charge >= 0.3 is 0 Å². The maximum absolute atomic E-state index is 12.5. The molecular weight excluding hydrogens is 385 g/mol. The van der Waals surface area contributed by atoms with E-state index in [2.05, 4.69) is 15.6 Å². The topological polar surface area (TPSA) is 63.2 Å². The van der Waals surface area contributed by atoms with Crippen LogP contribution >= 0.6 is 24.8 Å². The smallest absolute Gasteiger partial charge is 0.228 e. The summed E-state index contributed by atoms with van der Waals surface area (Å²) in [6.45, 7) is 2.58. The minimum absolute atomic E-state index is 0. The number of carbonyl (C=O) groups excluding carboxylic acids is 1. The fourth-order valence-corrected chi connectivity index (χ4v) is 3.71. The summed E-state index contributed by atoms with van der Waals surface area (Å²) in [5, 5.41) is 6.42. The van der Waals surface area contributed by atoms with Crippen molar-refractivity contribution < 1.29 is 9.53 Å². The molecule has 0 radical (unpaired) electrons. The highest BCUT2D eigenvalue weighted by Gasteiger charge is 2.57. The standard InChI is InChI=1S/C20H23N3O2.2ClH/c24-19(18-13-20(18)7-11-22-12-8-20)23-16-1-3-17(4-2-16)25-14-15-5-9-21-10-6-15;;/h1-6,9-10,18,22H,7-8,11-14H2,(H,23,24);2*1H. The summed E-state index contributed by atoms with van der Waals surface area (Å²) in [6.07, 6.45) is 6.78. The van der Waals surface area contributed by atoms with Crippen LogP contribution in [0.2, 0.25) is 0 Å². The maximum Gasteiger partial charge on any atom is 0.228 e. The summed E-state index contributed by atoms with van der Waals surface area (Å²) in [6, 6.07) is 11.4. The van der Waals surface area contributed by atoms with Gasteiger partial charge in [-0.05, 0) is 79.7 Å². The Kier molecular flexibility index (Phi) is 7.48. The number of nitrogens with one attached hydrogen (secondary N) is 2. The molecular formula is C20H25Cl2N3O2. The van der Waals surface area contributed by atoms with Crippen LogP contribution in [0.4, 0.5) is 5.69 Å². The largest absolute Gasteiger partial charge is 0.489 e. The predicted octanol–water partition coefficient (Wildman–Crippen LogP) is 3.83. The van der Waals surface area contributed by atoms with Gasteiger partial charge in [-0.25, -0.2) is 0 Å². The van der Waals surface area contributed by atoms with E-state index in [-0.39, 0.29) is 42.1 Å². The number of pyridine rings is 1. The minimum Gasteiger partial charge on any atom is -0.489 e. The van der Waals surface area contributed by atoms with Crippen LogP contribution in [0.3, 0.4) is 0 Å². The molecule has 2 N–H and O–H groups in total. The van der Waals surface area contributed by atoms with Crippen LogP contribution in [-0.4, -0.2) is 24.0 Å². The molecule has 2 fully saturated rings. The molecule has 1 aromatic heterocycles. The second-order valence-electron chi connectivity index (χ2n) is 7.03. The average Bonchev–Trinajstić information content (AvgIpc) is 3.35. The highest BCUT2D eigenvalue weighted by atomic mass is 35.5. The lowest BCUT2D eigenvalue weighted by atomic mass is 9.92. The number of rotatable bonds is 5. The van der Waals surface area contributed by atoms with Gasteiger partial charge < -0.3 is 15.4 Å². The van der Waals surface area contributed by atoms with Crippen LogP contribution in [0.25, 0.3) is 0 Å². The molecule has 1 aliphatic carbocycles. The number of amides is 1. The third-order valence-corrected chi connectivity index (χ3v) is 5.38. The van der Waals surface area contributed by atoms with E-state index < -0.39 is 0 Å². The summed E-state index contributed by atoms with van der Waals surface area (Å²) in [5.74, 6) is 1.13. The van der Waals surface area contributed by atoms with Crippen molar-refractivity contribution in [2.45, 2.75) is 25.9 Å². The van der Waals surface area contributed by atoms with Crippen molar-refractivity contribution in [1.82, 2.24) is 10.3 Å². The number of hydrogen-bond acceptors (Lipinski definition) is 4. The van der Waals surface area contributed by atoms with Crippen molar-refractivity contribution in [2.75, 3.05) is 18.4 Å². The molecule has 2 aliphatic rings. The highest BCUT2D eigenvalue weighted by molar-refractivity contribution is 5.95. The lowest BCUT2D eigenvalue weighted by Crippen LogP contribution is -2.31. The van der Waals surface area contributed by atoms with E-state index in [1.807, 2.05) is 36.4 Å². The first-order valence-corrected chi connectivity index (χ1v) is 8.89. The Morgan fingerprint density at radius 2 is 1.78 bits per heavy atom. The van der Waals surface area contributed by atoms with E-state index in [1.165, 1.54) is 0 Å². The van der Waals surface area contributed by atoms with Gasteiger partial charge in [0.15, 0.2) is 0 Å². The first-order chi connectivity index (χ1) is 12.3. The van der Waals surface area contributed by atoms with E-state index in [1.54, 1.807) is 12.4 Å². The summed E-state index contributed by atoms with van der Waals surface area (Å²) in [7, 11) is 0. The van der Waals surface area contributed by atoms with Crippen molar-refractivity contribution in [3.63, 3.8) is 0 Å². The zero-order chi connectivity index (χ0) is 17.1. The maximum atomic E-state index is 12.5. The van der Waals surface area contributed by atoms with Gasteiger partial charge in [-0.15, -0.1) is 24.8 Å². The lowest BCUT2D eigenvalue weighted by molar-refractivity contribution is -0.118. The zero-order valence-electron chi connectivity index (χ0n) is 15.0. The van der Waals surface area contributed by atoms with Gasteiger partial charge in [0, 0.05) is 24.0 Å². The van der Waals surface area contributed by atoms with Crippen LogP contribution < -0.4 is 15.4 Å². The number of hydrogen-bond donors (Lipinski definition) is 2. The van der Waals surface area contributed by atoms with E-state index in [0.717, 1.165) is 49.4 Å². The van der Waals surface area contributed by atoms with Crippen molar-refractivity contribution in [1.29, 1.82) is 0 Å². The van der Waals surface area contributed by atoms with E-state index in [9.17, 15) is 4.79 Å². The summed E-state index contributed by atoms with van der Waals surface area (Å²) in [4.78, 5) is 16.5. The summed E-state index contributed by atoms with van der Waals surface area (Å²) in [5.41, 5.74) is 2.17. The zero-order valence-corrected chi connectivity index (χ0v) is 16.7. The van der Waals surface area contributed by atoms with Gasteiger partial charge in [-0.3, -0.25) is 9.78 Å². The molecule has 1 spiro atoms. The Bertz CT molecular complexity index is 735. The quantitative estimate of drug-likeness (QED) is 0.787. The number of nitrogens with zero attached hydrogens (tertiary/aromatic N) is 1. The molecule has 1 aliphatic heterocycles. The Balaban J connectivity index is 0.00000131. The monoisotopic (exact) mass is 409 g/mol. The molecule has 1 aromatic carbocycles. The van der Waals surface area contributed by atoms with Crippen LogP contribution in [-0.2, 0) is 11.4 Å². The Morgan fingerprint density at radius 1 is 1.11 bits per heavy atom. The van der Waals surface area contributed by atoms with Gasteiger partial charge in [-0.1, -0.05) is 0 Å². The summed E-state index contributed by atoms with van der Waals surface area (Å²) < 4.78 is 5.75. The molecule has 0 bridgehead atoms. The Hall–Kier alpha value is -1.82. The number of aromatic nitrogens is 1. The lowest BCUT2D eigenvalue weighted by Gasteiger charge is -2.23. The van der Waals surface area contributed by atoms with Gasteiger partial charge in [0.05, 0.1) is 0 Å². The van der Waals surface area contributed by atoms with Gasteiger partial charge in [0.2, 0.25) is 5.91 Å². The van der Waals surface area contributed by atoms with Crippen LogP contribution in [0.5, 0.6) is 5.75 Å². The molecule has 1 amide bonds. The van der Waals surface area contributed by atoms with Crippen LogP contribution in [0.15, 0.2) is 48.8 Å². The third kappa shape index (κ3) is 5.12.